The van der Waals surface area contributed by atoms with Crippen LogP contribution < -0.4 is 0 Å². The van der Waals surface area contributed by atoms with Crippen LogP contribution in [0.2, 0.25) is 0 Å². The Labute approximate surface area is 186 Å². The van der Waals surface area contributed by atoms with Crippen molar-refractivity contribution in [2.45, 2.75) is 91.6 Å². The minimum atomic E-state index is -8.23. The Kier molecular flexibility index (Phi) is 9.64. The fourth-order valence-corrected chi connectivity index (χ4v) is 4.14. The van der Waals surface area contributed by atoms with Gasteiger partial charge in [-0.1, -0.05) is 55.7 Å². The van der Waals surface area contributed by atoms with Gasteiger partial charge in [-0.3, -0.25) is 0 Å². The number of halogens is 16. The summed E-state index contributed by atoms with van der Waals surface area (Å²) in [5.41, 5.74) is 0. The van der Waals surface area contributed by atoms with Crippen LogP contribution >= 0.6 is 22.6 Å². The zero-order chi connectivity index (χ0) is 26.2. The third-order valence-electron chi connectivity index (χ3n) is 4.78. The van der Waals surface area contributed by atoms with E-state index < -0.39 is 58.0 Å². The molecule has 0 rings (SSSR count). The first-order chi connectivity index (χ1) is 13.9. The van der Waals surface area contributed by atoms with E-state index in [0.717, 1.165) is 29.5 Å². The third kappa shape index (κ3) is 4.89. The summed E-state index contributed by atoms with van der Waals surface area (Å²) in [7, 11) is 0. The minimum Gasteiger partial charge on any atom is -0.199 e. The summed E-state index contributed by atoms with van der Waals surface area (Å²) in [6, 6.07) is 0. The summed E-state index contributed by atoms with van der Waals surface area (Å²) < 4.78 is 198. The van der Waals surface area contributed by atoms with E-state index in [1.54, 1.807) is 6.92 Å². The lowest BCUT2D eigenvalue weighted by Crippen LogP contribution is -2.73. The molecule has 2 atom stereocenters. The zero-order valence-corrected chi connectivity index (χ0v) is 18.4. The van der Waals surface area contributed by atoms with Gasteiger partial charge in [0.15, 0.2) is 0 Å². The molecule has 0 heterocycles. The first-order valence-electron chi connectivity index (χ1n) is 8.91. The van der Waals surface area contributed by atoms with Crippen LogP contribution in [0.15, 0.2) is 0 Å². The Balaban J connectivity index is 6.45. The van der Waals surface area contributed by atoms with Gasteiger partial charge < -0.3 is 0 Å². The Morgan fingerprint density at radius 2 is 0.938 bits per heavy atom. The van der Waals surface area contributed by atoms with Crippen LogP contribution in [0, 0.1) is 5.92 Å². The van der Waals surface area contributed by atoms with Crippen molar-refractivity contribution in [1.29, 1.82) is 0 Å². The van der Waals surface area contributed by atoms with Crippen molar-refractivity contribution in [2.75, 3.05) is 0 Å². The maximum Gasteiger partial charge on any atom is 0.460 e. The molecule has 0 amide bonds. The van der Waals surface area contributed by atoms with Crippen LogP contribution in [0.4, 0.5) is 65.9 Å². The number of hydrogen-bond donors (Lipinski definition) is 0. The maximum atomic E-state index is 14.3. The number of hydrogen-bond acceptors (Lipinski definition) is 0. The molecule has 0 N–H and O–H groups in total. The van der Waals surface area contributed by atoms with Gasteiger partial charge in [0.1, 0.15) is 0 Å². The molecule has 0 aromatic heterocycles. The molecular weight excluding hydrogens is 604 g/mol. The van der Waals surface area contributed by atoms with E-state index in [4.69, 9.17) is 0 Å². The lowest BCUT2D eigenvalue weighted by Gasteiger charge is -2.43. The molecule has 0 radical (unpaired) electrons. The summed E-state index contributed by atoms with van der Waals surface area (Å²) in [5.74, 6) is -48.8. The van der Waals surface area contributed by atoms with Crippen LogP contribution in [0.3, 0.4) is 0 Å². The van der Waals surface area contributed by atoms with Crippen LogP contribution in [-0.4, -0.2) is 45.6 Å². The van der Waals surface area contributed by atoms with Crippen molar-refractivity contribution >= 4 is 22.6 Å². The lowest BCUT2D eigenvalue weighted by molar-refractivity contribution is -0.454. The number of unbranched alkanes of at least 4 members (excludes halogenated alkanes) is 2. The second-order valence-corrected chi connectivity index (χ2v) is 8.62. The van der Waals surface area contributed by atoms with Gasteiger partial charge in [-0.15, -0.1) is 0 Å². The largest absolute Gasteiger partial charge is 0.460 e. The first kappa shape index (κ1) is 31.7. The molecule has 0 fully saturated rings. The molecule has 0 nitrogen and oxygen atoms in total. The number of rotatable bonds is 12. The van der Waals surface area contributed by atoms with E-state index in [9.17, 15) is 65.9 Å². The van der Waals surface area contributed by atoms with Crippen LogP contribution in [0.25, 0.3) is 0 Å². The molecule has 16 heteroatoms. The van der Waals surface area contributed by atoms with E-state index in [1.165, 1.54) is 0 Å². The Hall–Kier alpha value is -0.320. The quantitative estimate of drug-likeness (QED) is 0.0884. The summed E-state index contributed by atoms with van der Waals surface area (Å²) in [4.78, 5) is 0. The highest BCUT2D eigenvalue weighted by atomic mass is 127. The molecule has 0 aromatic carbocycles. The molecule has 0 spiro atoms. The second-order valence-electron chi connectivity index (χ2n) is 7.02. The summed E-state index contributed by atoms with van der Waals surface area (Å²) in [6.45, 7) is 2.42. The molecule has 194 valence electrons. The highest BCUT2D eigenvalue weighted by molar-refractivity contribution is 14.1. The van der Waals surface area contributed by atoms with Gasteiger partial charge in [0.2, 0.25) is 0 Å². The van der Waals surface area contributed by atoms with E-state index in [1.807, 2.05) is 0 Å². The van der Waals surface area contributed by atoms with E-state index in [2.05, 4.69) is 0 Å². The molecular formula is C16H18F15I. The van der Waals surface area contributed by atoms with Crippen molar-refractivity contribution in [3.8, 4) is 0 Å². The van der Waals surface area contributed by atoms with Crippen molar-refractivity contribution in [1.82, 2.24) is 0 Å². The smallest absolute Gasteiger partial charge is 0.199 e. The fraction of sp³-hybridized carbons (Fsp3) is 1.00. The summed E-state index contributed by atoms with van der Waals surface area (Å²) in [6.07, 6.45) is -7.94. The van der Waals surface area contributed by atoms with Gasteiger partial charge in [-0.25, -0.2) is 0 Å². The van der Waals surface area contributed by atoms with Crippen molar-refractivity contribution in [2.24, 2.45) is 5.92 Å². The molecule has 2 unspecified atom stereocenters. The SMILES string of the molecule is CCCCCC(I)C(CC)C(F)(F)C(F)(F)C(F)(F)C(F)(F)C(F)(F)C(F)(F)C(F)(F)F. The average Bonchev–Trinajstić information content (AvgIpc) is 2.60. The van der Waals surface area contributed by atoms with Crippen molar-refractivity contribution in [3.05, 3.63) is 0 Å². The molecule has 0 aliphatic rings. The molecule has 0 saturated heterocycles. The minimum absolute atomic E-state index is 0.116. The van der Waals surface area contributed by atoms with Crippen LogP contribution in [0.5, 0.6) is 0 Å². The molecule has 0 aromatic rings. The summed E-state index contributed by atoms with van der Waals surface area (Å²) in [5, 5.41) is 0. The van der Waals surface area contributed by atoms with Gasteiger partial charge in [0.05, 0.1) is 0 Å². The van der Waals surface area contributed by atoms with E-state index >= 15 is 0 Å². The first-order valence-corrected chi connectivity index (χ1v) is 10.2. The predicted molar refractivity (Wildman–Crippen MR) is 91.5 cm³/mol. The normalized spacial score (nSPS) is 17.4. The van der Waals surface area contributed by atoms with E-state index in [0.29, 0.717) is 12.8 Å². The highest BCUT2D eigenvalue weighted by Crippen LogP contribution is 2.63. The second kappa shape index (κ2) is 9.74. The molecule has 32 heavy (non-hydrogen) atoms. The maximum absolute atomic E-state index is 14.3. The van der Waals surface area contributed by atoms with E-state index in [-0.39, 0.29) is 12.8 Å². The van der Waals surface area contributed by atoms with Crippen LogP contribution in [0.1, 0.15) is 46.0 Å². The molecule has 0 bridgehead atoms. The topological polar surface area (TPSA) is 0 Å². The van der Waals surface area contributed by atoms with Gasteiger partial charge in [-0.05, 0) is 12.8 Å². The number of alkyl halides is 16. The Morgan fingerprint density at radius 3 is 1.28 bits per heavy atom. The Bertz CT molecular complexity index is 611. The molecule has 0 aliphatic carbocycles. The van der Waals surface area contributed by atoms with Gasteiger partial charge in [-0.2, -0.15) is 65.9 Å². The van der Waals surface area contributed by atoms with Crippen LogP contribution in [-0.2, 0) is 0 Å². The lowest BCUT2D eigenvalue weighted by atomic mass is 9.82. The monoisotopic (exact) mass is 622 g/mol. The molecule has 0 saturated carbocycles. The fourth-order valence-electron chi connectivity index (χ4n) is 2.74. The summed E-state index contributed by atoms with van der Waals surface area (Å²) >= 11 is 1.13. The predicted octanol–water partition coefficient (Wildman–Crippen LogP) is 8.77. The standard InChI is InChI=1S/C16H18F15I/c1-3-5-6-7-9(32)8(4-2)10(17,18)11(19,20)12(21,22)13(23,24)14(25,26)15(27,28)16(29,30)31/h8-9H,3-7H2,1-2H3. The van der Waals surface area contributed by atoms with Gasteiger partial charge in [0, 0.05) is 9.84 Å². The molecule has 0 aliphatic heterocycles. The van der Waals surface area contributed by atoms with Gasteiger partial charge in [0.25, 0.3) is 0 Å². The van der Waals surface area contributed by atoms with Gasteiger partial charge >= 0.3 is 41.7 Å². The average molecular weight is 622 g/mol. The highest BCUT2D eigenvalue weighted by Gasteiger charge is 2.93. The zero-order valence-electron chi connectivity index (χ0n) is 16.2. The Morgan fingerprint density at radius 1 is 0.562 bits per heavy atom. The third-order valence-corrected chi connectivity index (χ3v) is 6.27. The van der Waals surface area contributed by atoms with Crippen molar-refractivity contribution in [3.63, 3.8) is 0 Å². The van der Waals surface area contributed by atoms with Crippen molar-refractivity contribution < 1.29 is 65.9 Å².